The number of furan rings is 1. The van der Waals surface area contributed by atoms with E-state index in [1.54, 1.807) is 12.3 Å². The standard InChI is InChI=1S/C22H21NO2/c1-16-6-8-17(9-7-16)14-23(22(24)19-12-13-25-15-19)21-11-10-18-4-2-3-5-20(18)21/h2-9,12-13,15,21H,10-11,14H2,1H3. The number of carbonyl (C=O) groups excluding carboxylic acids is 1. The molecular formula is C22H21NO2. The van der Waals surface area contributed by atoms with Crippen LogP contribution in [0.3, 0.4) is 0 Å². The van der Waals surface area contributed by atoms with E-state index in [-0.39, 0.29) is 11.9 Å². The molecule has 3 aromatic rings. The second kappa shape index (κ2) is 6.60. The van der Waals surface area contributed by atoms with Gasteiger partial charge in [-0.1, -0.05) is 54.1 Å². The zero-order valence-electron chi connectivity index (χ0n) is 14.3. The molecule has 0 saturated heterocycles. The fourth-order valence-electron chi connectivity index (χ4n) is 3.62. The summed E-state index contributed by atoms with van der Waals surface area (Å²) in [6, 6.07) is 18.7. The van der Waals surface area contributed by atoms with Crippen LogP contribution in [0.25, 0.3) is 0 Å². The maximum atomic E-state index is 13.1. The van der Waals surface area contributed by atoms with E-state index in [9.17, 15) is 4.79 Å². The number of fused-ring (bicyclic) bond motifs is 1. The normalized spacial score (nSPS) is 15.8. The van der Waals surface area contributed by atoms with E-state index in [1.807, 2.05) is 4.90 Å². The van der Waals surface area contributed by atoms with Gasteiger partial charge >= 0.3 is 0 Å². The van der Waals surface area contributed by atoms with Crippen LogP contribution < -0.4 is 0 Å². The summed E-state index contributed by atoms with van der Waals surface area (Å²) in [5, 5.41) is 0. The third kappa shape index (κ3) is 3.10. The number of hydrogen-bond donors (Lipinski definition) is 0. The Labute approximate surface area is 147 Å². The van der Waals surface area contributed by atoms with E-state index < -0.39 is 0 Å². The van der Waals surface area contributed by atoms with Gasteiger partial charge in [-0.2, -0.15) is 0 Å². The highest BCUT2D eigenvalue weighted by Crippen LogP contribution is 2.37. The lowest BCUT2D eigenvalue weighted by Crippen LogP contribution is -2.33. The van der Waals surface area contributed by atoms with Crippen molar-refractivity contribution in [1.29, 1.82) is 0 Å². The summed E-state index contributed by atoms with van der Waals surface area (Å²) >= 11 is 0. The molecule has 0 N–H and O–H groups in total. The average Bonchev–Trinajstić information content (AvgIpc) is 3.31. The van der Waals surface area contributed by atoms with Gasteiger partial charge in [0.15, 0.2) is 0 Å². The monoisotopic (exact) mass is 331 g/mol. The Kier molecular flexibility index (Phi) is 4.14. The first-order chi connectivity index (χ1) is 12.2. The Hall–Kier alpha value is -2.81. The minimum atomic E-state index is 0.0241. The highest BCUT2D eigenvalue weighted by atomic mass is 16.3. The summed E-state index contributed by atoms with van der Waals surface area (Å²) in [4.78, 5) is 15.1. The van der Waals surface area contributed by atoms with Gasteiger partial charge < -0.3 is 9.32 Å². The van der Waals surface area contributed by atoms with Gasteiger partial charge in [-0.05, 0) is 42.5 Å². The van der Waals surface area contributed by atoms with Crippen LogP contribution in [0.1, 0.15) is 45.1 Å². The van der Waals surface area contributed by atoms with Crippen molar-refractivity contribution in [2.24, 2.45) is 0 Å². The first kappa shape index (κ1) is 15.7. The molecule has 3 heteroatoms. The third-order valence-electron chi connectivity index (χ3n) is 4.98. The molecule has 1 aliphatic carbocycles. The maximum Gasteiger partial charge on any atom is 0.257 e. The molecule has 4 rings (SSSR count). The van der Waals surface area contributed by atoms with Crippen molar-refractivity contribution < 1.29 is 9.21 Å². The lowest BCUT2D eigenvalue weighted by molar-refractivity contribution is 0.0657. The number of benzene rings is 2. The number of aryl methyl sites for hydroxylation is 2. The minimum absolute atomic E-state index is 0.0241. The Morgan fingerprint density at radius 2 is 1.92 bits per heavy atom. The second-order valence-corrected chi connectivity index (χ2v) is 6.68. The van der Waals surface area contributed by atoms with Gasteiger partial charge in [0.05, 0.1) is 17.9 Å². The zero-order valence-corrected chi connectivity index (χ0v) is 14.3. The van der Waals surface area contributed by atoms with Crippen molar-refractivity contribution in [2.75, 3.05) is 0 Å². The highest BCUT2D eigenvalue weighted by Gasteiger charge is 2.31. The largest absolute Gasteiger partial charge is 0.472 e. The topological polar surface area (TPSA) is 33.5 Å². The molecular weight excluding hydrogens is 310 g/mol. The third-order valence-corrected chi connectivity index (χ3v) is 4.98. The molecule has 0 spiro atoms. The second-order valence-electron chi connectivity index (χ2n) is 6.68. The SMILES string of the molecule is Cc1ccc(CN(C(=O)c2ccoc2)C2CCc3ccccc32)cc1. The van der Waals surface area contributed by atoms with Crippen LogP contribution in [-0.4, -0.2) is 10.8 Å². The van der Waals surface area contributed by atoms with Crippen LogP contribution in [0.15, 0.2) is 71.5 Å². The molecule has 25 heavy (non-hydrogen) atoms. The lowest BCUT2D eigenvalue weighted by atomic mass is 10.0. The molecule has 0 bridgehead atoms. The predicted molar refractivity (Wildman–Crippen MR) is 97.3 cm³/mol. The van der Waals surface area contributed by atoms with Crippen LogP contribution in [0.5, 0.6) is 0 Å². The number of rotatable bonds is 4. The van der Waals surface area contributed by atoms with E-state index in [4.69, 9.17) is 4.42 Å². The van der Waals surface area contributed by atoms with E-state index in [0.717, 1.165) is 18.4 Å². The molecule has 1 unspecified atom stereocenters. The van der Waals surface area contributed by atoms with Crippen molar-refractivity contribution in [2.45, 2.75) is 32.4 Å². The van der Waals surface area contributed by atoms with Gasteiger partial charge in [0.1, 0.15) is 6.26 Å². The minimum Gasteiger partial charge on any atom is -0.472 e. The molecule has 0 radical (unpaired) electrons. The highest BCUT2D eigenvalue weighted by molar-refractivity contribution is 5.94. The van der Waals surface area contributed by atoms with Gasteiger partial charge in [-0.3, -0.25) is 4.79 Å². The Morgan fingerprint density at radius 3 is 2.68 bits per heavy atom. The van der Waals surface area contributed by atoms with Gasteiger partial charge in [0.2, 0.25) is 0 Å². The first-order valence-electron chi connectivity index (χ1n) is 8.69. The Balaban J connectivity index is 1.69. The fourth-order valence-corrected chi connectivity index (χ4v) is 3.62. The van der Waals surface area contributed by atoms with Crippen LogP contribution in [0, 0.1) is 6.92 Å². The summed E-state index contributed by atoms with van der Waals surface area (Å²) in [5.41, 5.74) is 5.60. The molecule has 1 atom stereocenters. The number of nitrogens with zero attached hydrogens (tertiary/aromatic N) is 1. The molecule has 0 fully saturated rings. The van der Waals surface area contributed by atoms with Crippen molar-refractivity contribution in [1.82, 2.24) is 4.90 Å². The quantitative estimate of drug-likeness (QED) is 0.680. The predicted octanol–water partition coefficient (Wildman–Crippen LogP) is 4.92. The smallest absolute Gasteiger partial charge is 0.257 e. The number of amides is 1. The zero-order chi connectivity index (χ0) is 17.2. The molecule has 0 saturated carbocycles. The van der Waals surface area contributed by atoms with Crippen molar-refractivity contribution >= 4 is 5.91 Å². The molecule has 0 aliphatic heterocycles. The van der Waals surface area contributed by atoms with Crippen LogP contribution in [0.4, 0.5) is 0 Å². The average molecular weight is 331 g/mol. The molecule has 1 aliphatic rings. The number of carbonyl (C=O) groups is 1. The van der Waals surface area contributed by atoms with Crippen molar-refractivity contribution in [3.8, 4) is 0 Å². The van der Waals surface area contributed by atoms with Crippen LogP contribution in [-0.2, 0) is 13.0 Å². The van der Waals surface area contributed by atoms with Gasteiger partial charge in [-0.25, -0.2) is 0 Å². The summed E-state index contributed by atoms with van der Waals surface area (Å²) in [5.74, 6) is 0.0241. The maximum absolute atomic E-state index is 13.1. The summed E-state index contributed by atoms with van der Waals surface area (Å²) in [6.07, 6.45) is 5.07. The molecule has 1 heterocycles. The molecule has 2 aromatic carbocycles. The molecule has 126 valence electrons. The molecule has 1 amide bonds. The van der Waals surface area contributed by atoms with Gasteiger partial charge in [0, 0.05) is 6.54 Å². The lowest BCUT2D eigenvalue weighted by Gasteiger charge is -2.30. The molecule has 1 aromatic heterocycles. The van der Waals surface area contributed by atoms with E-state index >= 15 is 0 Å². The van der Waals surface area contributed by atoms with Gasteiger partial charge in [-0.15, -0.1) is 0 Å². The van der Waals surface area contributed by atoms with Gasteiger partial charge in [0.25, 0.3) is 5.91 Å². The van der Waals surface area contributed by atoms with Crippen LogP contribution >= 0.6 is 0 Å². The Bertz CT molecular complexity index is 865. The van der Waals surface area contributed by atoms with E-state index in [1.165, 1.54) is 23.0 Å². The molecule has 3 nitrogen and oxygen atoms in total. The summed E-state index contributed by atoms with van der Waals surface area (Å²) in [7, 11) is 0. The van der Waals surface area contributed by atoms with Crippen molar-refractivity contribution in [3.05, 3.63) is 94.9 Å². The van der Waals surface area contributed by atoms with Crippen molar-refractivity contribution in [3.63, 3.8) is 0 Å². The van der Waals surface area contributed by atoms with E-state index in [0.29, 0.717) is 12.1 Å². The first-order valence-corrected chi connectivity index (χ1v) is 8.69. The fraction of sp³-hybridized carbons (Fsp3) is 0.227. The summed E-state index contributed by atoms with van der Waals surface area (Å²) in [6.45, 7) is 2.68. The van der Waals surface area contributed by atoms with Crippen LogP contribution in [0.2, 0.25) is 0 Å². The number of hydrogen-bond acceptors (Lipinski definition) is 2. The Morgan fingerprint density at radius 1 is 1.12 bits per heavy atom. The van der Waals surface area contributed by atoms with E-state index in [2.05, 4.69) is 55.5 Å². The summed E-state index contributed by atoms with van der Waals surface area (Å²) < 4.78 is 5.14.